The maximum absolute atomic E-state index is 12.0. The number of benzene rings is 2. The zero-order valence-corrected chi connectivity index (χ0v) is 11.0. The fraction of sp³-hybridized carbons (Fsp3) is 0.0588. The lowest BCUT2D eigenvalue weighted by Gasteiger charge is -2.07. The number of aldehydes is 1. The summed E-state index contributed by atoms with van der Waals surface area (Å²) in [4.78, 5) is 23.6. The highest BCUT2D eigenvalue weighted by Gasteiger charge is 2.19. The summed E-state index contributed by atoms with van der Waals surface area (Å²) in [6, 6.07) is 17.0. The molecule has 3 heteroatoms. The van der Waals surface area contributed by atoms with E-state index in [0.29, 0.717) is 11.3 Å². The van der Waals surface area contributed by atoms with Crippen molar-refractivity contribution in [1.82, 2.24) is 4.57 Å². The second kappa shape index (κ2) is 4.78. The molecule has 0 bridgehead atoms. The number of rotatable bonds is 2. The summed E-state index contributed by atoms with van der Waals surface area (Å²) < 4.78 is 1.61. The van der Waals surface area contributed by atoms with Crippen LogP contribution in [0.15, 0.2) is 54.6 Å². The number of carbonyl (C=O) groups excluding carboxylic acids is 2. The molecule has 0 N–H and O–H groups in total. The highest BCUT2D eigenvalue weighted by atomic mass is 16.1. The summed E-state index contributed by atoms with van der Waals surface area (Å²) in [5, 5.41) is 0.802. The molecule has 0 amide bonds. The molecule has 3 nitrogen and oxygen atoms in total. The smallest absolute Gasteiger partial charge is 0.228 e. The van der Waals surface area contributed by atoms with Crippen molar-refractivity contribution >= 4 is 23.1 Å². The first-order valence-electron chi connectivity index (χ1n) is 6.39. The van der Waals surface area contributed by atoms with Crippen LogP contribution in [0.5, 0.6) is 0 Å². The first kappa shape index (κ1) is 12.4. The van der Waals surface area contributed by atoms with E-state index in [1.807, 2.05) is 54.6 Å². The average molecular weight is 263 g/mol. The van der Waals surface area contributed by atoms with E-state index in [1.54, 1.807) is 4.57 Å². The molecule has 1 heterocycles. The molecule has 0 saturated carbocycles. The second-order valence-electron chi connectivity index (χ2n) is 4.62. The van der Waals surface area contributed by atoms with Crippen molar-refractivity contribution < 1.29 is 9.59 Å². The van der Waals surface area contributed by atoms with Gasteiger partial charge in [-0.15, -0.1) is 0 Å². The van der Waals surface area contributed by atoms with Crippen molar-refractivity contribution in [3.63, 3.8) is 0 Å². The number of hydrogen-bond acceptors (Lipinski definition) is 2. The van der Waals surface area contributed by atoms with Crippen LogP contribution in [0, 0.1) is 0 Å². The van der Waals surface area contributed by atoms with Crippen molar-refractivity contribution in [3.05, 3.63) is 60.2 Å². The molecule has 0 atom stereocenters. The number of hydrogen-bond donors (Lipinski definition) is 0. The second-order valence-corrected chi connectivity index (χ2v) is 4.62. The highest BCUT2D eigenvalue weighted by Crippen LogP contribution is 2.32. The van der Waals surface area contributed by atoms with Gasteiger partial charge in [0.2, 0.25) is 5.91 Å². The third-order valence-electron chi connectivity index (χ3n) is 3.39. The molecule has 1 aromatic heterocycles. The third-order valence-corrected chi connectivity index (χ3v) is 3.39. The van der Waals surface area contributed by atoms with Gasteiger partial charge < -0.3 is 0 Å². The van der Waals surface area contributed by atoms with Crippen LogP contribution in [0.4, 0.5) is 0 Å². The fourth-order valence-corrected chi connectivity index (χ4v) is 2.59. The van der Waals surface area contributed by atoms with Gasteiger partial charge >= 0.3 is 0 Å². The number of carbonyl (C=O) groups is 2. The molecule has 0 aliphatic carbocycles. The van der Waals surface area contributed by atoms with Gasteiger partial charge in [0, 0.05) is 17.9 Å². The number of fused-ring (bicyclic) bond motifs is 1. The Hall–Kier alpha value is -2.68. The van der Waals surface area contributed by atoms with E-state index < -0.39 is 0 Å². The van der Waals surface area contributed by atoms with Gasteiger partial charge in [0.15, 0.2) is 6.29 Å². The maximum atomic E-state index is 12.0. The molecular formula is C17H13NO2. The molecule has 0 radical (unpaired) electrons. The SMILES string of the molecule is CC(=O)n1c(-c2ccccc2)c(C=O)c2ccccc21. The lowest BCUT2D eigenvalue weighted by molar-refractivity contribution is 0.0943. The van der Waals surface area contributed by atoms with E-state index in [2.05, 4.69) is 0 Å². The Morgan fingerprint density at radius 1 is 1.00 bits per heavy atom. The number of nitrogens with zero attached hydrogens (tertiary/aromatic N) is 1. The molecule has 0 fully saturated rings. The third kappa shape index (κ3) is 1.75. The quantitative estimate of drug-likeness (QED) is 0.660. The Balaban J connectivity index is 2.49. The maximum Gasteiger partial charge on any atom is 0.228 e. The van der Waals surface area contributed by atoms with Gasteiger partial charge in [-0.2, -0.15) is 0 Å². The van der Waals surface area contributed by atoms with Crippen molar-refractivity contribution in [2.45, 2.75) is 6.92 Å². The van der Waals surface area contributed by atoms with Gasteiger partial charge in [-0.05, 0) is 11.6 Å². The highest BCUT2D eigenvalue weighted by molar-refractivity contribution is 6.09. The van der Waals surface area contributed by atoms with Gasteiger partial charge in [0.1, 0.15) is 0 Å². The van der Waals surface area contributed by atoms with E-state index in [4.69, 9.17) is 0 Å². The van der Waals surface area contributed by atoms with Gasteiger partial charge in [-0.25, -0.2) is 0 Å². The van der Waals surface area contributed by atoms with Crippen LogP contribution in [-0.4, -0.2) is 16.8 Å². The van der Waals surface area contributed by atoms with Crippen LogP contribution < -0.4 is 0 Å². The predicted molar refractivity (Wildman–Crippen MR) is 79.1 cm³/mol. The van der Waals surface area contributed by atoms with Crippen LogP contribution in [-0.2, 0) is 0 Å². The minimum atomic E-state index is -0.104. The fourth-order valence-electron chi connectivity index (χ4n) is 2.59. The first-order chi connectivity index (χ1) is 9.74. The molecule has 98 valence electrons. The van der Waals surface area contributed by atoms with E-state index in [1.165, 1.54) is 6.92 Å². The first-order valence-corrected chi connectivity index (χ1v) is 6.39. The monoisotopic (exact) mass is 263 g/mol. The standard InChI is InChI=1S/C17H13NO2/c1-12(20)18-16-10-6-5-9-14(16)15(11-19)17(18)13-7-3-2-4-8-13/h2-11H,1H3. The summed E-state index contributed by atoms with van der Waals surface area (Å²) in [6.45, 7) is 1.51. The lowest BCUT2D eigenvalue weighted by Crippen LogP contribution is -2.07. The normalized spacial score (nSPS) is 10.7. The van der Waals surface area contributed by atoms with Crippen molar-refractivity contribution in [2.24, 2.45) is 0 Å². The lowest BCUT2D eigenvalue weighted by atomic mass is 10.1. The Morgan fingerprint density at radius 3 is 2.30 bits per heavy atom. The van der Waals surface area contributed by atoms with Crippen LogP contribution >= 0.6 is 0 Å². The summed E-state index contributed by atoms with van der Waals surface area (Å²) in [5.74, 6) is -0.104. The van der Waals surface area contributed by atoms with Crippen LogP contribution in [0.2, 0.25) is 0 Å². The van der Waals surface area contributed by atoms with E-state index in [9.17, 15) is 9.59 Å². The Labute approximate surface area is 116 Å². The van der Waals surface area contributed by atoms with Crippen molar-refractivity contribution in [2.75, 3.05) is 0 Å². The molecule has 3 rings (SSSR count). The Bertz CT molecular complexity index is 800. The summed E-state index contributed by atoms with van der Waals surface area (Å²) in [6.07, 6.45) is 0.824. The zero-order chi connectivity index (χ0) is 14.1. The number of aromatic nitrogens is 1. The molecule has 0 unspecified atom stereocenters. The van der Waals surface area contributed by atoms with Gasteiger partial charge in [0.25, 0.3) is 0 Å². The zero-order valence-electron chi connectivity index (χ0n) is 11.0. The van der Waals surface area contributed by atoms with Crippen LogP contribution in [0.1, 0.15) is 22.1 Å². The molecule has 20 heavy (non-hydrogen) atoms. The van der Waals surface area contributed by atoms with E-state index in [0.717, 1.165) is 22.8 Å². The number of para-hydroxylation sites is 1. The molecule has 0 aliphatic heterocycles. The summed E-state index contributed by atoms with van der Waals surface area (Å²) in [5.41, 5.74) is 2.85. The topological polar surface area (TPSA) is 39.1 Å². The van der Waals surface area contributed by atoms with Crippen molar-refractivity contribution in [3.8, 4) is 11.3 Å². The minimum absolute atomic E-state index is 0.104. The molecule has 0 saturated heterocycles. The predicted octanol–water partition coefficient (Wildman–Crippen LogP) is 3.78. The summed E-state index contributed by atoms with van der Waals surface area (Å²) in [7, 11) is 0. The summed E-state index contributed by atoms with van der Waals surface area (Å²) >= 11 is 0. The van der Waals surface area contributed by atoms with Crippen LogP contribution in [0.3, 0.4) is 0 Å². The molecule has 2 aromatic carbocycles. The minimum Gasteiger partial charge on any atom is -0.298 e. The van der Waals surface area contributed by atoms with E-state index >= 15 is 0 Å². The average Bonchev–Trinajstić information content (AvgIpc) is 2.82. The van der Waals surface area contributed by atoms with Crippen LogP contribution in [0.25, 0.3) is 22.2 Å². The van der Waals surface area contributed by atoms with Crippen molar-refractivity contribution in [1.29, 1.82) is 0 Å². The van der Waals surface area contributed by atoms with Gasteiger partial charge in [-0.1, -0.05) is 48.5 Å². The molecular weight excluding hydrogens is 250 g/mol. The van der Waals surface area contributed by atoms with Gasteiger partial charge in [-0.3, -0.25) is 14.2 Å². The van der Waals surface area contributed by atoms with E-state index in [-0.39, 0.29) is 5.91 Å². The Morgan fingerprint density at radius 2 is 1.65 bits per heavy atom. The molecule has 3 aromatic rings. The Kier molecular flexibility index (Phi) is 2.95. The largest absolute Gasteiger partial charge is 0.298 e. The molecule has 0 aliphatic rings. The van der Waals surface area contributed by atoms with Gasteiger partial charge in [0.05, 0.1) is 11.2 Å². The molecule has 0 spiro atoms.